The Morgan fingerprint density at radius 3 is 2.39 bits per heavy atom. The van der Waals surface area contributed by atoms with Crippen LogP contribution in [0.4, 0.5) is 0 Å². The van der Waals surface area contributed by atoms with E-state index in [4.69, 9.17) is 0 Å². The second-order valence-electron chi connectivity index (χ2n) is 4.98. The minimum atomic E-state index is 0.745. The molecule has 1 aromatic rings. The lowest BCUT2D eigenvalue weighted by Crippen LogP contribution is -2.29. The molecule has 0 spiro atoms. The van der Waals surface area contributed by atoms with E-state index in [1.54, 1.807) is 0 Å². The molecular formula is C16H26BrN. The highest BCUT2D eigenvalue weighted by Gasteiger charge is 2.18. The predicted molar refractivity (Wildman–Crippen MR) is 84.0 cm³/mol. The first kappa shape index (κ1) is 15.7. The summed E-state index contributed by atoms with van der Waals surface area (Å²) in [6.07, 6.45) is 3.74. The smallest absolute Gasteiger partial charge is 0.0177 e. The number of nitrogens with one attached hydrogen (secondary N) is 1. The number of rotatable bonds is 8. The fourth-order valence-corrected chi connectivity index (χ4v) is 3.10. The van der Waals surface area contributed by atoms with Crippen LogP contribution in [0.15, 0.2) is 28.7 Å². The molecule has 18 heavy (non-hydrogen) atoms. The third-order valence-electron chi connectivity index (χ3n) is 3.76. The van der Waals surface area contributed by atoms with Crippen molar-refractivity contribution in [2.45, 2.75) is 40.0 Å². The lowest BCUT2D eigenvalue weighted by atomic mass is 9.83. The summed E-state index contributed by atoms with van der Waals surface area (Å²) in [6.45, 7) is 9.01. The van der Waals surface area contributed by atoms with E-state index in [1.807, 2.05) is 0 Å². The third kappa shape index (κ3) is 5.11. The van der Waals surface area contributed by atoms with Gasteiger partial charge in [0.15, 0.2) is 0 Å². The molecule has 1 rings (SSSR count). The minimum absolute atomic E-state index is 0.745. The van der Waals surface area contributed by atoms with Crippen LogP contribution in [0.2, 0.25) is 0 Å². The summed E-state index contributed by atoms with van der Waals surface area (Å²) in [6, 6.07) is 8.73. The van der Waals surface area contributed by atoms with Crippen molar-refractivity contribution in [2.24, 2.45) is 11.8 Å². The van der Waals surface area contributed by atoms with Crippen molar-refractivity contribution in [3.05, 3.63) is 34.3 Å². The van der Waals surface area contributed by atoms with Gasteiger partial charge in [-0.2, -0.15) is 0 Å². The Hall–Kier alpha value is -0.340. The summed E-state index contributed by atoms with van der Waals surface area (Å²) in [5.74, 6) is 1.57. The fourth-order valence-electron chi connectivity index (χ4n) is 2.66. The van der Waals surface area contributed by atoms with Crippen LogP contribution in [0.25, 0.3) is 0 Å². The van der Waals surface area contributed by atoms with Crippen molar-refractivity contribution in [1.82, 2.24) is 5.32 Å². The Labute approximate surface area is 120 Å². The van der Waals surface area contributed by atoms with Gasteiger partial charge in [-0.3, -0.25) is 0 Å². The van der Waals surface area contributed by atoms with Gasteiger partial charge in [0.2, 0.25) is 0 Å². The molecule has 2 heteroatoms. The maximum absolute atomic E-state index is 3.56. The van der Waals surface area contributed by atoms with E-state index >= 15 is 0 Å². The molecule has 0 fully saturated rings. The Morgan fingerprint density at radius 2 is 1.83 bits per heavy atom. The van der Waals surface area contributed by atoms with Crippen LogP contribution in [-0.4, -0.2) is 13.1 Å². The quantitative estimate of drug-likeness (QED) is 0.736. The number of hydrogen-bond acceptors (Lipinski definition) is 1. The number of halogens is 1. The van der Waals surface area contributed by atoms with Crippen LogP contribution >= 0.6 is 15.9 Å². The average molecular weight is 312 g/mol. The summed E-state index contributed by atoms with van der Waals surface area (Å²) in [4.78, 5) is 0. The molecule has 102 valence electrons. The lowest BCUT2D eigenvalue weighted by molar-refractivity contribution is 0.299. The van der Waals surface area contributed by atoms with Gasteiger partial charge in [-0.1, -0.05) is 61.7 Å². The van der Waals surface area contributed by atoms with Crippen LogP contribution in [-0.2, 0) is 6.42 Å². The van der Waals surface area contributed by atoms with Gasteiger partial charge in [-0.15, -0.1) is 0 Å². The van der Waals surface area contributed by atoms with Crippen molar-refractivity contribution in [1.29, 1.82) is 0 Å². The molecule has 1 aromatic carbocycles. The molecule has 1 N–H and O–H groups in total. The first-order valence-corrected chi connectivity index (χ1v) is 7.95. The van der Waals surface area contributed by atoms with Crippen LogP contribution in [0, 0.1) is 11.8 Å². The topological polar surface area (TPSA) is 12.0 Å². The van der Waals surface area contributed by atoms with E-state index in [-0.39, 0.29) is 0 Å². The molecule has 0 aliphatic heterocycles. The SMILES string of the molecule is CCNCC(Cc1cccc(Br)c1)C(CC)CC. The van der Waals surface area contributed by atoms with Crippen LogP contribution in [0.1, 0.15) is 39.2 Å². The van der Waals surface area contributed by atoms with E-state index in [2.05, 4.69) is 66.3 Å². The average Bonchev–Trinajstić information content (AvgIpc) is 2.37. The van der Waals surface area contributed by atoms with E-state index in [0.717, 1.165) is 24.9 Å². The Bertz CT molecular complexity index is 334. The summed E-state index contributed by atoms with van der Waals surface area (Å²) >= 11 is 3.56. The summed E-state index contributed by atoms with van der Waals surface area (Å²) in [5.41, 5.74) is 1.44. The highest BCUT2D eigenvalue weighted by atomic mass is 79.9. The van der Waals surface area contributed by atoms with Crippen LogP contribution in [0.3, 0.4) is 0 Å². The predicted octanol–water partition coefficient (Wildman–Crippen LogP) is 4.65. The molecule has 1 atom stereocenters. The standard InChI is InChI=1S/C16H26BrN/c1-4-14(5-2)15(12-18-6-3)10-13-8-7-9-16(17)11-13/h7-9,11,14-15,18H,4-6,10,12H2,1-3H3. The Balaban J connectivity index is 2.70. The van der Waals surface area contributed by atoms with Gasteiger partial charge in [0, 0.05) is 4.47 Å². The molecule has 0 saturated heterocycles. The first-order valence-electron chi connectivity index (χ1n) is 7.16. The van der Waals surface area contributed by atoms with Crippen molar-refractivity contribution >= 4 is 15.9 Å². The van der Waals surface area contributed by atoms with E-state index < -0.39 is 0 Å². The van der Waals surface area contributed by atoms with Crippen LogP contribution in [0.5, 0.6) is 0 Å². The molecule has 1 nitrogen and oxygen atoms in total. The largest absolute Gasteiger partial charge is 0.317 e. The second-order valence-corrected chi connectivity index (χ2v) is 5.89. The summed E-state index contributed by atoms with van der Waals surface area (Å²) < 4.78 is 1.19. The fraction of sp³-hybridized carbons (Fsp3) is 0.625. The molecule has 0 radical (unpaired) electrons. The van der Waals surface area contributed by atoms with Gasteiger partial charge in [0.05, 0.1) is 0 Å². The first-order chi connectivity index (χ1) is 8.71. The second kappa shape index (κ2) is 8.71. The van der Waals surface area contributed by atoms with Crippen LogP contribution < -0.4 is 5.32 Å². The highest BCUT2D eigenvalue weighted by Crippen LogP contribution is 2.24. The molecule has 0 heterocycles. The monoisotopic (exact) mass is 311 g/mol. The van der Waals surface area contributed by atoms with Crippen molar-refractivity contribution in [3.8, 4) is 0 Å². The number of benzene rings is 1. The maximum Gasteiger partial charge on any atom is 0.0177 e. The van der Waals surface area contributed by atoms with Gasteiger partial charge in [0.1, 0.15) is 0 Å². The lowest BCUT2D eigenvalue weighted by Gasteiger charge is -2.26. The zero-order chi connectivity index (χ0) is 13.4. The highest BCUT2D eigenvalue weighted by molar-refractivity contribution is 9.10. The number of hydrogen-bond donors (Lipinski definition) is 1. The minimum Gasteiger partial charge on any atom is -0.317 e. The third-order valence-corrected chi connectivity index (χ3v) is 4.25. The van der Waals surface area contributed by atoms with Crippen molar-refractivity contribution in [3.63, 3.8) is 0 Å². The van der Waals surface area contributed by atoms with Crippen molar-refractivity contribution in [2.75, 3.05) is 13.1 Å². The zero-order valence-corrected chi connectivity index (χ0v) is 13.5. The normalized spacial score (nSPS) is 12.9. The van der Waals surface area contributed by atoms with E-state index in [9.17, 15) is 0 Å². The van der Waals surface area contributed by atoms with Gasteiger partial charge in [0.25, 0.3) is 0 Å². The molecule has 1 unspecified atom stereocenters. The van der Waals surface area contributed by atoms with E-state index in [0.29, 0.717) is 0 Å². The molecule has 0 aliphatic carbocycles. The van der Waals surface area contributed by atoms with E-state index in [1.165, 1.54) is 29.3 Å². The van der Waals surface area contributed by atoms with Crippen molar-refractivity contribution < 1.29 is 0 Å². The van der Waals surface area contributed by atoms with Gasteiger partial charge >= 0.3 is 0 Å². The molecule has 0 aromatic heterocycles. The summed E-state index contributed by atoms with van der Waals surface area (Å²) in [7, 11) is 0. The molecule has 0 saturated carbocycles. The van der Waals surface area contributed by atoms with Gasteiger partial charge in [-0.05, 0) is 49.0 Å². The Kier molecular flexibility index (Phi) is 7.60. The van der Waals surface area contributed by atoms with Gasteiger partial charge in [-0.25, -0.2) is 0 Å². The molecular weight excluding hydrogens is 286 g/mol. The molecule has 0 amide bonds. The van der Waals surface area contributed by atoms with Gasteiger partial charge < -0.3 is 5.32 Å². The Morgan fingerprint density at radius 1 is 1.11 bits per heavy atom. The molecule has 0 bridgehead atoms. The summed E-state index contributed by atoms with van der Waals surface area (Å²) in [5, 5.41) is 3.52. The zero-order valence-electron chi connectivity index (χ0n) is 11.9. The molecule has 0 aliphatic rings. The maximum atomic E-state index is 3.56.